The van der Waals surface area contributed by atoms with E-state index in [4.69, 9.17) is 0 Å². The van der Waals surface area contributed by atoms with Crippen molar-refractivity contribution >= 4 is 22.9 Å². The SMILES string of the molecule is O=C(Nc1ccsc1)c1n[nH]c2c1CNCC2. The second kappa shape index (κ2) is 4.31. The Bertz CT molecular complexity index is 532. The molecule has 0 bridgehead atoms. The molecule has 88 valence electrons. The molecule has 1 amide bonds. The number of aromatic amines is 1. The van der Waals surface area contributed by atoms with Gasteiger partial charge in [-0.25, -0.2) is 0 Å². The summed E-state index contributed by atoms with van der Waals surface area (Å²) in [4.78, 5) is 12.0. The summed E-state index contributed by atoms with van der Waals surface area (Å²) in [5.74, 6) is -0.149. The van der Waals surface area contributed by atoms with Gasteiger partial charge in [-0.15, -0.1) is 0 Å². The van der Waals surface area contributed by atoms with E-state index in [-0.39, 0.29) is 5.91 Å². The molecule has 0 unspecified atom stereocenters. The number of carbonyl (C=O) groups excluding carboxylic acids is 1. The number of fused-ring (bicyclic) bond motifs is 1. The number of nitrogens with one attached hydrogen (secondary N) is 3. The predicted octanol–water partition coefficient (Wildman–Crippen LogP) is 1.37. The van der Waals surface area contributed by atoms with Crippen LogP contribution in [0.2, 0.25) is 0 Å². The fourth-order valence-corrected chi connectivity index (χ4v) is 2.53. The van der Waals surface area contributed by atoms with Crippen molar-refractivity contribution in [3.05, 3.63) is 33.8 Å². The van der Waals surface area contributed by atoms with E-state index in [2.05, 4.69) is 20.8 Å². The van der Waals surface area contributed by atoms with Crippen LogP contribution >= 0.6 is 11.3 Å². The van der Waals surface area contributed by atoms with Gasteiger partial charge < -0.3 is 10.6 Å². The summed E-state index contributed by atoms with van der Waals surface area (Å²) in [6, 6.07) is 1.87. The van der Waals surface area contributed by atoms with Crippen LogP contribution in [0.25, 0.3) is 0 Å². The monoisotopic (exact) mass is 248 g/mol. The summed E-state index contributed by atoms with van der Waals surface area (Å²) in [5, 5.41) is 16.9. The highest BCUT2D eigenvalue weighted by Gasteiger charge is 2.21. The first kappa shape index (κ1) is 10.5. The third-order valence-corrected chi connectivity index (χ3v) is 3.48. The molecule has 3 N–H and O–H groups in total. The van der Waals surface area contributed by atoms with Crippen LogP contribution in [0.5, 0.6) is 0 Å². The van der Waals surface area contributed by atoms with Gasteiger partial charge in [0.1, 0.15) is 0 Å². The molecule has 6 heteroatoms. The van der Waals surface area contributed by atoms with E-state index in [9.17, 15) is 4.79 Å². The summed E-state index contributed by atoms with van der Waals surface area (Å²) in [5.41, 5.74) is 3.38. The van der Waals surface area contributed by atoms with Gasteiger partial charge in [0.2, 0.25) is 0 Å². The third kappa shape index (κ3) is 1.96. The molecule has 3 rings (SSSR count). The molecular weight excluding hydrogens is 236 g/mol. The Kier molecular flexibility index (Phi) is 2.66. The average Bonchev–Trinajstić information content (AvgIpc) is 2.96. The maximum absolute atomic E-state index is 12.0. The zero-order valence-corrected chi connectivity index (χ0v) is 9.93. The molecule has 0 radical (unpaired) electrons. The molecule has 0 aliphatic carbocycles. The number of thiophene rings is 1. The van der Waals surface area contributed by atoms with Crippen LogP contribution in [0.15, 0.2) is 16.8 Å². The van der Waals surface area contributed by atoms with Crippen LogP contribution in [0.3, 0.4) is 0 Å². The van der Waals surface area contributed by atoms with Gasteiger partial charge in [-0.1, -0.05) is 0 Å². The number of nitrogens with zero attached hydrogens (tertiary/aromatic N) is 1. The van der Waals surface area contributed by atoms with E-state index >= 15 is 0 Å². The fourth-order valence-electron chi connectivity index (χ4n) is 1.94. The summed E-state index contributed by atoms with van der Waals surface area (Å²) in [7, 11) is 0. The van der Waals surface area contributed by atoms with E-state index in [1.807, 2.05) is 16.8 Å². The van der Waals surface area contributed by atoms with Crippen LogP contribution in [0.1, 0.15) is 21.7 Å². The highest BCUT2D eigenvalue weighted by atomic mass is 32.1. The minimum Gasteiger partial charge on any atom is -0.320 e. The van der Waals surface area contributed by atoms with E-state index in [1.54, 1.807) is 11.3 Å². The second-order valence-electron chi connectivity index (χ2n) is 3.92. The Labute approximate surface area is 102 Å². The number of aromatic nitrogens is 2. The predicted molar refractivity (Wildman–Crippen MR) is 66.3 cm³/mol. The smallest absolute Gasteiger partial charge is 0.276 e. The molecule has 1 aliphatic rings. The minimum absolute atomic E-state index is 0.149. The van der Waals surface area contributed by atoms with Gasteiger partial charge in [-0.05, 0) is 11.4 Å². The van der Waals surface area contributed by atoms with Gasteiger partial charge >= 0.3 is 0 Å². The summed E-state index contributed by atoms with van der Waals surface area (Å²) in [6.07, 6.45) is 0.897. The fraction of sp³-hybridized carbons (Fsp3) is 0.273. The Morgan fingerprint density at radius 1 is 1.53 bits per heavy atom. The molecule has 0 saturated heterocycles. The van der Waals surface area contributed by atoms with Crippen molar-refractivity contribution in [3.8, 4) is 0 Å². The quantitative estimate of drug-likeness (QED) is 0.751. The molecule has 0 saturated carbocycles. The van der Waals surface area contributed by atoms with Crippen molar-refractivity contribution in [2.75, 3.05) is 11.9 Å². The molecule has 2 aromatic rings. The number of rotatable bonds is 2. The average molecular weight is 248 g/mol. The molecule has 0 aromatic carbocycles. The Morgan fingerprint density at radius 3 is 3.29 bits per heavy atom. The molecule has 0 fully saturated rings. The van der Waals surface area contributed by atoms with Crippen LogP contribution in [-0.2, 0) is 13.0 Å². The van der Waals surface area contributed by atoms with E-state index < -0.39 is 0 Å². The van der Waals surface area contributed by atoms with Gasteiger partial charge in [0.05, 0.1) is 5.69 Å². The second-order valence-corrected chi connectivity index (χ2v) is 4.70. The topological polar surface area (TPSA) is 69.8 Å². The number of H-pyrrole nitrogens is 1. The van der Waals surface area contributed by atoms with Crippen LogP contribution < -0.4 is 10.6 Å². The van der Waals surface area contributed by atoms with Gasteiger partial charge in [0.25, 0.3) is 5.91 Å². The first-order chi connectivity index (χ1) is 8.34. The highest BCUT2D eigenvalue weighted by Crippen LogP contribution is 2.18. The van der Waals surface area contributed by atoms with Gasteiger partial charge in [0, 0.05) is 36.1 Å². The number of amides is 1. The van der Waals surface area contributed by atoms with Crippen LogP contribution in [-0.4, -0.2) is 22.6 Å². The Balaban J connectivity index is 1.84. The highest BCUT2D eigenvalue weighted by molar-refractivity contribution is 7.08. The first-order valence-electron chi connectivity index (χ1n) is 5.45. The Hall–Kier alpha value is -1.66. The van der Waals surface area contributed by atoms with Crippen molar-refractivity contribution < 1.29 is 4.79 Å². The third-order valence-electron chi connectivity index (χ3n) is 2.80. The van der Waals surface area contributed by atoms with E-state index in [0.717, 1.165) is 29.9 Å². The van der Waals surface area contributed by atoms with E-state index in [0.29, 0.717) is 12.2 Å². The Morgan fingerprint density at radius 2 is 2.47 bits per heavy atom. The number of hydrogen-bond acceptors (Lipinski definition) is 4. The minimum atomic E-state index is -0.149. The molecule has 17 heavy (non-hydrogen) atoms. The lowest BCUT2D eigenvalue weighted by atomic mass is 10.1. The first-order valence-corrected chi connectivity index (χ1v) is 6.39. The number of carbonyl (C=O) groups is 1. The van der Waals surface area contributed by atoms with Gasteiger partial charge in [-0.3, -0.25) is 9.89 Å². The zero-order valence-electron chi connectivity index (χ0n) is 9.12. The lowest BCUT2D eigenvalue weighted by Gasteiger charge is -2.12. The zero-order chi connectivity index (χ0) is 11.7. The van der Waals surface area contributed by atoms with Gasteiger partial charge in [-0.2, -0.15) is 16.4 Å². The molecule has 5 nitrogen and oxygen atoms in total. The van der Waals surface area contributed by atoms with Crippen LogP contribution in [0.4, 0.5) is 5.69 Å². The van der Waals surface area contributed by atoms with Crippen LogP contribution in [0, 0.1) is 0 Å². The summed E-state index contributed by atoms with van der Waals surface area (Å²) in [6.45, 7) is 1.64. The number of hydrogen-bond donors (Lipinski definition) is 3. The van der Waals surface area contributed by atoms with Crippen molar-refractivity contribution in [1.82, 2.24) is 15.5 Å². The molecular formula is C11H12N4OS. The number of anilines is 1. The maximum atomic E-state index is 12.0. The molecule has 0 atom stereocenters. The standard InChI is InChI=1S/C11H12N4OS/c16-11(13-7-2-4-17-6-7)10-8-5-12-3-1-9(8)14-15-10/h2,4,6,12H,1,3,5H2,(H,13,16)(H,14,15). The maximum Gasteiger partial charge on any atom is 0.276 e. The van der Waals surface area contributed by atoms with Crippen molar-refractivity contribution in [2.24, 2.45) is 0 Å². The molecule has 1 aliphatic heterocycles. The summed E-state index contributed by atoms with van der Waals surface area (Å²) >= 11 is 1.55. The molecule has 0 spiro atoms. The molecule has 3 heterocycles. The largest absolute Gasteiger partial charge is 0.320 e. The van der Waals surface area contributed by atoms with Crippen molar-refractivity contribution in [1.29, 1.82) is 0 Å². The lowest BCUT2D eigenvalue weighted by molar-refractivity contribution is 0.102. The van der Waals surface area contributed by atoms with Crippen molar-refractivity contribution in [3.63, 3.8) is 0 Å². The normalized spacial score (nSPS) is 14.4. The molecule has 2 aromatic heterocycles. The van der Waals surface area contributed by atoms with E-state index in [1.165, 1.54) is 0 Å². The van der Waals surface area contributed by atoms with Gasteiger partial charge in [0.15, 0.2) is 5.69 Å². The summed E-state index contributed by atoms with van der Waals surface area (Å²) < 4.78 is 0. The van der Waals surface area contributed by atoms with Crippen molar-refractivity contribution in [2.45, 2.75) is 13.0 Å². The lowest BCUT2D eigenvalue weighted by Crippen LogP contribution is -2.25.